The number of hydrogen-bond acceptors (Lipinski definition) is 7. The number of carbonyl (C=O) groups is 2. The molecule has 36 heavy (non-hydrogen) atoms. The molecule has 0 spiro atoms. The van der Waals surface area contributed by atoms with Gasteiger partial charge in [0.25, 0.3) is 5.78 Å². The third kappa shape index (κ3) is 3.79. The van der Waals surface area contributed by atoms with Gasteiger partial charge in [0.15, 0.2) is 16.6 Å². The second kappa shape index (κ2) is 9.13. The number of methoxy groups -OCH3 is 2. The Kier molecular flexibility index (Phi) is 5.97. The Labute approximate surface area is 212 Å². The largest absolute Gasteiger partial charge is 0.507 e. The van der Waals surface area contributed by atoms with E-state index in [4.69, 9.17) is 14.5 Å². The number of Topliss-reactive ketones (excluding diaryl/α,β-unsaturated/α-hetero) is 1. The fraction of sp³-hybridized carbons (Fsp3) is 0.179. The smallest absolute Gasteiger partial charge is 0.301 e. The molecule has 1 saturated heterocycles. The van der Waals surface area contributed by atoms with Gasteiger partial charge in [0.2, 0.25) is 0 Å². The number of hydrogen-bond donors (Lipinski definition) is 1. The van der Waals surface area contributed by atoms with Gasteiger partial charge in [-0.1, -0.05) is 53.8 Å². The van der Waals surface area contributed by atoms with Crippen molar-refractivity contribution in [1.29, 1.82) is 0 Å². The number of aryl methyl sites for hydroxylation is 2. The maximum atomic E-state index is 13.5. The number of anilines is 1. The first-order valence-corrected chi connectivity index (χ1v) is 12.1. The third-order valence-electron chi connectivity index (χ3n) is 6.24. The van der Waals surface area contributed by atoms with E-state index in [1.54, 1.807) is 42.5 Å². The first-order valence-electron chi connectivity index (χ1n) is 11.3. The zero-order valence-electron chi connectivity index (χ0n) is 20.2. The summed E-state index contributed by atoms with van der Waals surface area (Å²) in [5.74, 6) is -0.822. The molecule has 1 N–H and O–H groups in total. The number of thiazole rings is 1. The molecule has 182 valence electrons. The van der Waals surface area contributed by atoms with Crippen LogP contribution in [-0.4, -0.2) is 36.0 Å². The van der Waals surface area contributed by atoms with Gasteiger partial charge in [-0.2, -0.15) is 0 Å². The van der Waals surface area contributed by atoms with Crippen molar-refractivity contribution in [2.75, 3.05) is 19.1 Å². The molecular formula is C28H24N2O5S. The number of aliphatic hydroxyl groups excluding tert-OH is 1. The molecule has 7 nitrogen and oxygen atoms in total. The highest BCUT2D eigenvalue weighted by atomic mass is 32.1. The summed E-state index contributed by atoms with van der Waals surface area (Å²) in [6.45, 7) is 3.97. The van der Waals surface area contributed by atoms with Crippen LogP contribution in [-0.2, 0) is 9.59 Å². The van der Waals surface area contributed by atoms with Crippen molar-refractivity contribution in [3.8, 4) is 11.5 Å². The van der Waals surface area contributed by atoms with E-state index < -0.39 is 17.7 Å². The van der Waals surface area contributed by atoms with Crippen LogP contribution in [0.2, 0.25) is 0 Å². The van der Waals surface area contributed by atoms with E-state index in [2.05, 4.69) is 0 Å². The number of amides is 1. The van der Waals surface area contributed by atoms with Crippen molar-refractivity contribution in [2.45, 2.75) is 19.9 Å². The quantitative estimate of drug-likeness (QED) is 0.219. The number of nitrogens with zero attached hydrogens (tertiary/aromatic N) is 2. The second-order valence-electron chi connectivity index (χ2n) is 8.57. The SMILES string of the molecule is COc1ccc([C@@H]2C(=C(O)c3ccccc3)C(=O)C(=O)N2c2nc3c(C)cc(C)cc3s2)cc1OC. The second-order valence-corrected chi connectivity index (χ2v) is 9.58. The van der Waals surface area contributed by atoms with E-state index in [1.165, 1.54) is 30.5 Å². The monoisotopic (exact) mass is 500 g/mol. The van der Waals surface area contributed by atoms with Crippen LogP contribution >= 0.6 is 11.3 Å². The highest BCUT2D eigenvalue weighted by molar-refractivity contribution is 7.22. The van der Waals surface area contributed by atoms with E-state index in [9.17, 15) is 14.7 Å². The maximum absolute atomic E-state index is 13.5. The van der Waals surface area contributed by atoms with Crippen LogP contribution in [0.25, 0.3) is 16.0 Å². The highest BCUT2D eigenvalue weighted by Gasteiger charge is 2.48. The molecule has 0 bridgehead atoms. The van der Waals surface area contributed by atoms with E-state index in [0.717, 1.165) is 21.3 Å². The van der Waals surface area contributed by atoms with Gasteiger partial charge < -0.3 is 14.6 Å². The molecule has 0 radical (unpaired) electrons. The van der Waals surface area contributed by atoms with E-state index >= 15 is 0 Å². The molecule has 0 aliphatic carbocycles. The van der Waals surface area contributed by atoms with Crippen LogP contribution < -0.4 is 14.4 Å². The third-order valence-corrected chi connectivity index (χ3v) is 7.24. The van der Waals surface area contributed by atoms with Crippen molar-refractivity contribution < 1.29 is 24.2 Å². The lowest BCUT2D eigenvalue weighted by Crippen LogP contribution is -2.29. The zero-order valence-corrected chi connectivity index (χ0v) is 21.1. The Balaban J connectivity index is 1.76. The van der Waals surface area contributed by atoms with Crippen molar-refractivity contribution in [3.05, 3.63) is 88.5 Å². The van der Waals surface area contributed by atoms with Crippen LogP contribution in [0.5, 0.6) is 11.5 Å². The average Bonchev–Trinajstić information content (AvgIpc) is 3.42. The summed E-state index contributed by atoms with van der Waals surface area (Å²) in [5, 5.41) is 11.6. The Morgan fingerprint density at radius 1 is 0.972 bits per heavy atom. The number of ketones is 1. The molecule has 1 aliphatic rings. The van der Waals surface area contributed by atoms with Gasteiger partial charge >= 0.3 is 5.91 Å². The predicted octanol–water partition coefficient (Wildman–Crippen LogP) is 5.56. The minimum atomic E-state index is -0.910. The summed E-state index contributed by atoms with van der Waals surface area (Å²) in [6.07, 6.45) is 0. The number of ether oxygens (including phenoxy) is 2. The summed E-state index contributed by atoms with van der Waals surface area (Å²) in [7, 11) is 3.05. The van der Waals surface area contributed by atoms with E-state index in [1.807, 2.05) is 32.0 Å². The van der Waals surface area contributed by atoms with Gasteiger partial charge in [0, 0.05) is 5.56 Å². The standard InChI is InChI=1S/C28H24N2O5S/c1-15-12-16(2)23-21(13-15)36-28(29-23)30-24(18-10-11-19(34-3)20(14-18)35-4)22(26(32)27(30)33)25(31)17-8-6-5-7-9-17/h5-14,24,31H,1-4H3/t24-/m1/s1. The lowest BCUT2D eigenvalue weighted by molar-refractivity contribution is -0.132. The lowest BCUT2D eigenvalue weighted by Gasteiger charge is -2.23. The topological polar surface area (TPSA) is 89.0 Å². The number of aliphatic hydroxyl groups is 1. The number of aromatic nitrogens is 1. The summed E-state index contributed by atoms with van der Waals surface area (Å²) < 4.78 is 11.8. The fourth-order valence-corrected chi connectivity index (χ4v) is 5.75. The minimum absolute atomic E-state index is 0.00872. The molecule has 0 saturated carbocycles. The number of benzene rings is 3. The molecule has 3 aromatic carbocycles. The molecule has 1 fully saturated rings. The van der Waals surface area contributed by atoms with Gasteiger partial charge in [-0.3, -0.25) is 14.5 Å². The molecule has 1 aromatic heterocycles. The highest BCUT2D eigenvalue weighted by Crippen LogP contribution is 2.46. The number of fused-ring (bicyclic) bond motifs is 1. The normalized spacial score (nSPS) is 17.1. The number of rotatable bonds is 5. The van der Waals surface area contributed by atoms with Crippen LogP contribution in [0.15, 0.2) is 66.2 Å². The van der Waals surface area contributed by atoms with Crippen molar-refractivity contribution in [3.63, 3.8) is 0 Å². The molecule has 8 heteroatoms. The predicted molar refractivity (Wildman–Crippen MR) is 140 cm³/mol. The van der Waals surface area contributed by atoms with Gasteiger partial charge in [0.05, 0.1) is 36.1 Å². The van der Waals surface area contributed by atoms with Gasteiger partial charge in [-0.05, 0) is 48.7 Å². The molecule has 1 aliphatic heterocycles. The summed E-state index contributed by atoms with van der Waals surface area (Å²) in [4.78, 5) is 33.0. The van der Waals surface area contributed by atoms with Crippen LogP contribution in [0.4, 0.5) is 5.13 Å². The zero-order chi connectivity index (χ0) is 25.6. The summed E-state index contributed by atoms with van der Waals surface area (Å²) >= 11 is 1.34. The Morgan fingerprint density at radius 2 is 1.69 bits per heavy atom. The van der Waals surface area contributed by atoms with Crippen LogP contribution in [0.3, 0.4) is 0 Å². The first kappa shape index (κ1) is 23.6. The maximum Gasteiger partial charge on any atom is 0.301 e. The minimum Gasteiger partial charge on any atom is -0.507 e. The molecule has 2 heterocycles. The lowest BCUT2D eigenvalue weighted by atomic mass is 9.95. The fourth-order valence-electron chi connectivity index (χ4n) is 4.58. The van der Waals surface area contributed by atoms with Gasteiger partial charge in [-0.15, -0.1) is 0 Å². The first-order chi connectivity index (χ1) is 17.3. The van der Waals surface area contributed by atoms with Crippen molar-refractivity contribution in [1.82, 2.24) is 4.98 Å². The molecule has 1 amide bonds. The van der Waals surface area contributed by atoms with Gasteiger partial charge in [0.1, 0.15) is 5.76 Å². The van der Waals surface area contributed by atoms with Crippen LogP contribution in [0.1, 0.15) is 28.3 Å². The van der Waals surface area contributed by atoms with E-state index in [-0.39, 0.29) is 11.3 Å². The summed E-state index contributed by atoms with van der Waals surface area (Å²) in [5.41, 5.74) is 3.85. The Hall–Kier alpha value is -4.17. The van der Waals surface area contributed by atoms with Gasteiger partial charge in [-0.25, -0.2) is 4.98 Å². The molecule has 5 rings (SSSR count). The summed E-state index contributed by atoms with van der Waals surface area (Å²) in [6, 6.07) is 17.0. The molecular weight excluding hydrogens is 476 g/mol. The van der Waals surface area contributed by atoms with E-state index in [0.29, 0.717) is 27.8 Å². The average molecular weight is 501 g/mol. The molecule has 1 atom stereocenters. The Bertz CT molecular complexity index is 1540. The molecule has 0 unspecified atom stereocenters. The molecule has 4 aromatic rings. The number of carbonyl (C=O) groups excluding carboxylic acids is 2. The van der Waals surface area contributed by atoms with Crippen LogP contribution in [0, 0.1) is 13.8 Å². The van der Waals surface area contributed by atoms with Crippen molar-refractivity contribution >= 4 is 44.1 Å². The van der Waals surface area contributed by atoms with Crippen molar-refractivity contribution in [2.24, 2.45) is 0 Å². The Morgan fingerprint density at radius 3 is 2.39 bits per heavy atom.